The van der Waals surface area contributed by atoms with Crippen LogP contribution in [0.1, 0.15) is 18.9 Å². The second kappa shape index (κ2) is 6.53. The van der Waals surface area contributed by atoms with Gasteiger partial charge in [0, 0.05) is 12.1 Å². The normalized spacial score (nSPS) is 10.2. The lowest BCUT2D eigenvalue weighted by atomic mass is 9.79. The third-order valence-electron chi connectivity index (χ3n) is 2.19. The van der Waals surface area contributed by atoms with Crippen molar-refractivity contribution in [3.05, 3.63) is 23.8 Å². The van der Waals surface area contributed by atoms with Crippen molar-refractivity contribution in [2.24, 2.45) is 0 Å². The largest absolute Gasteiger partial charge is 0.497 e. The summed E-state index contributed by atoms with van der Waals surface area (Å²) in [5.41, 5.74) is 1.26. The van der Waals surface area contributed by atoms with Crippen LogP contribution in [0, 0.1) is 0 Å². The molecule has 0 saturated heterocycles. The van der Waals surface area contributed by atoms with Gasteiger partial charge >= 0.3 is 7.12 Å². The van der Waals surface area contributed by atoms with E-state index in [1.807, 2.05) is 13.0 Å². The summed E-state index contributed by atoms with van der Waals surface area (Å²) in [5.74, 6) is 0.467. The zero-order chi connectivity index (χ0) is 12.0. The molecule has 0 aliphatic carbocycles. The standard InChI is InChI=1S/C11H17BO4/c1-3-6-16-8-9-4-5-11(15-2)10(7-9)12(13)14/h4-5,7,13-14H,3,6,8H2,1-2H3. The van der Waals surface area contributed by atoms with E-state index in [0.29, 0.717) is 24.4 Å². The van der Waals surface area contributed by atoms with Crippen LogP contribution in [-0.2, 0) is 11.3 Å². The van der Waals surface area contributed by atoms with E-state index >= 15 is 0 Å². The van der Waals surface area contributed by atoms with E-state index in [0.717, 1.165) is 12.0 Å². The lowest BCUT2D eigenvalue weighted by Crippen LogP contribution is -2.31. The number of ether oxygens (including phenoxy) is 2. The molecule has 0 aliphatic heterocycles. The maximum atomic E-state index is 9.17. The number of benzene rings is 1. The molecule has 0 amide bonds. The fourth-order valence-corrected chi connectivity index (χ4v) is 1.41. The first kappa shape index (κ1) is 13.0. The van der Waals surface area contributed by atoms with Gasteiger partial charge in [0.15, 0.2) is 0 Å². The molecule has 0 radical (unpaired) electrons. The lowest BCUT2D eigenvalue weighted by Gasteiger charge is -2.10. The predicted octanol–water partition coefficient (Wildman–Crippen LogP) is 0.302. The molecule has 1 aromatic rings. The molecule has 0 aliphatic rings. The van der Waals surface area contributed by atoms with Crippen molar-refractivity contribution in [3.63, 3.8) is 0 Å². The molecule has 4 nitrogen and oxygen atoms in total. The van der Waals surface area contributed by atoms with Gasteiger partial charge in [-0.3, -0.25) is 0 Å². The summed E-state index contributed by atoms with van der Waals surface area (Å²) in [4.78, 5) is 0. The van der Waals surface area contributed by atoms with Crippen molar-refractivity contribution >= 4 is 12.6 Å². The molecule has 0 aromatic heterocycles. The van der Waals surface area contributed by atoms with Crippen LogP contribution < -0.4 is 10.2 Å². The Kier molecular flexibility index (Phi) is 5.32. The molecule has 1 rings (SSSR count). The number of hydrogen-bond donors (Lipinski definition) is 2. The fraction of sp³-hybridized carbons (Fsp3) is 0.455. The highest BCUT2D eigenvalue weighted by Crippen LogP contribution is 2.10. The molecule has 88 valence electrons. The van der Waals surface area contributed by atoms with Gasteiger partial charge in [0.1, 0.15) is 5.75 Å². The molecule has 0 unspecified atom stereocenters. The zero-order valence-electron chi connectivity index (χ0n) is 9.64. The molecule has 0 fully saturated rings. The van der Waals surface area contributed by atoms with Crippen molar-refractivity contribution < 1.29 is 19.5 Å². The maximum Gasteiger partial charge on any atom is 0.492 e. The van der Waals surface area contributed by atoms with Crippen LogP contribution in [0.25, 0.3) is 0 Å². The number of hydrogen-bond acceptors (Lipinski definition) is 4. The fourth-order valence-electron chi connectivity index (χ4n) is 1.41. The van der Waals surface area contributed by atoms with E-state index < -0.39 is 7.12 Å². The van der Waals surface area contributed by atoms with Gasteiger partial charge in [0.2, 0.25) is 0 Å². The Hall–Kier alpha value is -1.04. The van der Waals surface area contributed by atoms with Crippen LogP contribution >= 0.6 is 0 Å². The molecule has 1 aromatic carbocycles. The first-order chi connectivity index (χ1) is 7.69. The van der Waals surface area contributed by atoms with Gasteiger partial charge < -0.3 is 19.5 Å². The first-order valence-electron chi connectivity index (χ1n) is 5.29. The van der Waals surface area contributed by atoms with Crippen LogP contribution in [-0.4, -0.2) is 30.9 Å². The summed E-state index contributed by atoms with van der Waals surface area (Å²) in [6, 6.07) is 5.24. The van der Waals surface area contributed by atoms with E-state index in [4.69, 9.17) is 19.5 Å². The summed E-state index contributed by atoms with van der Waals surface area (Å²) in [7, 11) is -0.0323. The number of rotatable bonds is 6. The third kappa shape index (κ3) is 3.52. The van der Waals surface area contributed by atoms with Crippen molar-refractivity contribution in [1.29, 1.82) is 0 Å². The molecule has 0 heterocycles. The number of methoxy groups -OCH3 is 1. The van der Waals surface area contributed by atoms with Crippen LogP contribution in [0.5, 0.6) is 5.75 Å². The molecular formula is C11H17BO4. The van der Waals surface area contributed by atoms with E-state index in [1.54, 1.807) is 12.1 Å². The molecule has 0 atom stereocenters. The SMILES string of the molecule is CCCOCc1ccc(OC)c(B(O)O)c1. The second-order valence-corrected chi connectivity index (χ2v) is 3.50. The van der Waals surface area contributed by atoms with E-state index in [-0.39, 0.29) is 0 Å². The van der Waals surface area contributed by atoms with E-state index in [2.05, 4.69) is 0 Å². The Morgan fingerprint density at radius 3 is 2.62 bits per heavy atom. The molecule has 0 saturated carbocycles. The highest BCUT2D eigenvalue weighted by Gasteiger charge is 2.17. The summed E-state index contributed by atoms with van der Waals surface area (Å²) >= 11 is 0. The monoisotopic (exact) mass is 224 g/mol. The maximum absolute atomic E-state index is 9.17. The topological polar surface area (TPSA) is 58.9 Å². The zero-order valence-corrected chi connectivity index (χ0v) is 9.64. The highest BCUT2D eigenvalue weighted by atomic mass is 16.5. The molecule has 2 N–H and O–H groups in total. The van der Waals surface area contributed by atoms with Gasteiger partial charge in [-0.1, -0.05) is 19.1 Å². The van der Waals surface area contributed by atoms with Crippen molar-refractivity contribution in [3.8, 4) is 5.75 Å². The summed E-state index contributed by atoms with van der Waals surface area (Å²) in [5, 5.41) is 18.3. The van der Waals surface area contributed by atoms with Crippen LogP contribution in [0.3, 0.4) is 0 Å². The molecular weight excluding hydrogens is 207 g/mol. The van der Waals surface area contributed by atoms with Crippen LogP contribution in [0.2, 0.25) is 0 Å². The minimum absolute atomic E-state index is 0.361. The first-order valence-corrected chi connectivity index (χ1v) is 5.29. The summed E-state index contributed by atoms with van der Waals surface area (Å²) < 4.78 is 10.4. The van der Waals surface area contributed by atoms with E-state index in [9.17, 15) is 0 Å². The minimum atomic E-state index is -1.53. The summed E-state index contributed by atoms with van der Waals surface area (Å²) in [6.45, 7) is 3.21. The van der Waals surface area contributed by atoms with Gasteiger partial charge in [-0.05, 0) is 18.1 Å². The molecule has 0 spiro atoms. The van der Waals surface area contributed by atoms with Gasteiger partial charge in [0.25, 0.3) is 0 Å². The van der Waals surface area contributed by atoms with Crippen LogP contribution in [0.4, 0.5) is 0 Å². The Morgan fingerprint density at radius 1 is 1.31 bits per heavy atom. The Morgan fingerprint density at radius 2 is 2.06 bits per heavy atom. The third-order valence-corrected chi connectivity index (χ3v) is 2.19. The molecule has 5 heteroatoms. The van der Waals surface area contributed by atoms with Crippen molar-refractivity contribution in [1.82, 2.24) is 0 Å². The Labute approximate surface area is 96.0 Å². The highest BCUT2D eigenvalue weighted by molar-refractivity contribution is 6.59. The predicted molar refractivity (Wildman–Crippen MR) is 62.8 cm³/mol. The van der Waals surface area contributed by atoms with Gasteiger partial charge in [-0.15, -0.1) is 0 Å². The average molecular weight is 224 g/mol. The van der Waals surface area contributed by atoms with Gasteiger partial charge in [-0.25, -0.2) is 0 Å². The molecule has 16 heavy (non-hydrogen) atoms. The Balaban J connectivity index is 2.77. The molecule has 0 bridgehead atoms. The Bertz CT molecular complexity index is 328. The van der Waals surface area contributed by atoms with Gasteiger partial charge in [-0.2, -0.15) is 0 Å². The minimum Gasteiger partial charge on any atom is -0.497 e. The van der Waals surface area contributed by atoms with Crippen LogP contribution in [0.15, 0.2) is 18.2 Å². The van der Waals surface area contributed by atoms with E-state index in [1.165, 1.54) is 7.11 Å². The second-order valence-electron chi connectivity index (χ2n) is 3.50. The smallest absolute Gasteiger partial charge is 0.492 e. The summed E-state index contributed by atoms with van der Waals surface area (Å²) in [6.07, 6.45) is 0.964. The lowest BCUT2D eigenvalue weighted by molar-refractivity contribution is 0.121. The van der Waals surface area contributed by atoms with Gasteiger partial charge in [0.05, 0.1) is 13.7 Å². The van der Waals surface area contributed by atoms with Crippen molar-refractivity contribution in [2.75, 3.05) is 13.7 Å². The average Bonchev–Trinajstić information content (AvgIpc) is 2.29. The van der Waals surface area contributed by atoms with Crippen molar-refractivity contribution in [2.45, 2.75) is 20.0 Å². The quantitative estimate of drug-likeness (QED) is 0.539.